The van der Waals surface area contributed by atoms with Gasteiger partial charge < -0.3 is 20.5 Å². The second-order valence-electron chi connectivity index (χ2n) is 11.9. The van der Waals surface area contributed by atoms with Crippen LogP contribution in [0.2, 0.25) is 5.15 Å². The monoisotopic (exact) mass is 635 g/mol. The number of anilines is 1. The number of halogens is 1. The van der Waals surface area contributed by atoms with Crippen LogP contribution in [0.15, 0.2) is 65.8 Å². The molecule has 3 aromatic heterocycles. The van der Waals surface area contributed by atoms with Crippen molar-refractivity contribution in [2.24, 2.45) is 5.41 Å². The number of nitrogens with one attached hydrogen (secondary N) is 2. The third kappa shape index (κ3) is 6.18. The highest BCUT2D eigenvalue weighted by Crippen LogP contribution is 2.43. The molecule has 0 saturated heterocycles. The Bertz CT molecular complexity index is 1840. The number of terminal acetylenes is 1. The van der Waals surface area contributed by atoms with Gasteiger partial charge in [0.25, 0.3) is 10.0 Å². The van der Waals surface area contributed by atoms with Gasteiger partial charge in [0.1, 0.15) is 23.3 Å². The first-order valence-corrected chi connectivity index (χ1v) is 16.0. The summed E-state index contributed by atoms with van der Waals surface area (Å²) in [7, 11) is -3.99. The molecule has 12 heteroatoms. The van der Waals surface area contributed by atoms with Gasteiger partial charge in [0.15, 0.2) is 5.65 Å². The van der Waals surface area contributed by atoms with Crippen LogP contribution in [-0.4, -0.2) is 51.7 Å². The van der Waals surface area contributed by atoms with Crippen molar-refractivity contribution < 1.29 is 23.1 Å². The van der Waals surface area contributed by atoms with Gasteiger partial charge >= 0.3 is 6.09 Å². The first-order valence-electron chi connectivity index (χ1n) is 14.2. The fraction of sp³-hybridized carbons (Fsp3) is 0.344. The Kier molecular flexibility index (Phi) is 8.51. The summed E-state index contributed by atoms with van der Waals surface area (Å²) in [5.74, 6) is 3.33. The van der Waals surface area contributed by atoms with Gasteiger partial charge in [0.2, 0.25) is 0 Å². The van der Waals surface area contributed by atoms with Crippen LogP contribution < -0.4 is 15.4 Å². The maximum absolute atomic E-state index is 13.7. The van der Waals surface area contributed by atoms with E-state index < -0.39 is 21.7 Å². The number of nitrogens with zero attached hydrogens (tertiary/aromatic N) is 3. The van der Waals surface area contributed by atoms with Crippen molar-refractivity contribution >= 4 is 44.6 Å². The largest absolute Gasteiger partial charge is 0.479 e. The minimum atomic E-state index is -3.99. The number of rotatable bonds is 8. The number of ether oxygens (including phenoxy) is 1. The third-order valence-electron chi connectivity index (χ3n) is 8.29. The van der Waals surface area contributed by atoms with E-state index >= 15 is 0 Å². The lowest BCUT2D eigenvalue weighted by molar-refractivity contribution is 0.0804. The van der Waals surface area contributed by atoms with Crippen LogP contribution in [0.5, 0.6) is 5.75 Å². The van der Waals surface area contributed by atoms with Crippen LogP contribution in [0.3, 0.4) is 0 Å². The maximum atomic E-state index is 13.7. The van der Waals surface area contributed by atoms with Crippen LogP contribution in [-0.2, 0) is 10.0 Å². The predicted octanol–water partition coefficient (Wildman–Crippen LogP) is 6.41. The van der Waals surface area contributed by atoms with Crippen molar-refractivity contribution in [1.29, 1.82) is 0 Å². The SMILES string of the molecule is C#CCOc1cnc2c(c1)c(-c1cc(Cl)nc(NC3CCC(NC(=O)O)(C(C)(C)C)CC3)c1)cn2S(=O)(=O)c1ccccc1. The molecular formula is C32H34ClN5O5S. The van der Waals surface area contributed by atoms with E-state index in [9.17, 15) is 18.3 Å². The minimum Gasteiger partial charge on any atom is -0.479 e. The Morgan fingerprint density at radius 2 is 1.91 bits per heavy atom. The van der Waals surface area contributed by atoms with Crippen LogP contribution in [0.4, 0.5) is 10.6 Å². The van der Waals surface area contributed by atoms with Crippen molar-refractivity contribution in [3.05, 3.63) is 66.1 Å². The van der Waals surface area contributed by atoms with Crippen LogP contribution >= 0.6 is 11.6 Å². The summed E-state index contributed by atoms with van der Waals surface area (Å²) in [6.07, 6.45) is 10.1. The van der Waals surface area contributed by atoms with Crippen LogP contribution in [0.25, 0.3) is 22.2 Å². The lowest BCUT2D eigenvalue weighted by atomic mass is 9.64. The summed E-state index contributed by atoms with van der Waals surface area (Å²) < 4.78 is 34.2. The molecule has 0 radical (unpaired) electrons. The molecule has 1 aromatic carbocycles. The third-order valence-corrected chi connectivity index (χ3v) is 10.1. The predicted molar refractivity (Wildman–Crippen MR) is 171 cm³/mol. The zero-order valence-corrected chi connectivity index (χ0v) is 26.2. The quantitative estimate of drug-likeness (QED) is 0.149. The first kappa shape index (κ1) is 31.2. The Morgan fingerprint density at radius 3 is 2.55 bits per heavy atom. The summed E-state index contributed by atoms with van der Waals surface area (Å²) in [6, 6.07) is 13.3. The summed E-state index contributed by atoms with van der Waals surface area (Å²) in [5, 5.41) is 16.5. The van der Waals surface area contributed by atoms with Gasteiger partial charge in [0, 0.05) is 28.7 Å². The average Bonchev–Trinajstić information content (AvgIpc) is 3.36. The molecule has 1 amide bonds. The summed E-state index contributed by atoms with van der Waals surface area (Å²) in [6.45, 7) is 6.18. The van der Waals surface area contributed by atoms with Crippen molar-refractivity contribution in [1.82, 2.24) is 19.3 Å². The maximum Gasteiger partial charge on any atom is 0.405 e. The van der Waals surface area contributed by atoms with Crippen LogP contribution in [0.1, 0.15) is 46.5 Å². The fourth-order valence-corrected chi connectivity index (χ4v) is 7.40. The molecule has 0 bridgehead atoms. The Labute approximate surface area is 261 Å². The van der Waals surface area contributed by atoms with E-state index in [0.717, 1.165) is 16.8 Å². The number of pyridine rings is 2. The zero-order chi connectivity index (χ0) is 31.7. The number of aromatic nitrogens is 3. The molecule has 44 heavy (non-hydrogen) atoms. The van der Waals surface area contributed by atoms with Gasteiger partial charge in [-0.25, -0.2) is 27.2 Å². The van der Waals surface area contributed by atoms with E-state index in [1.54, 1.807) is 30.3 Å². The number of fused-ring (bicyclic) bond motifs is 1. The molecule has 3 N–H and O–H groups in total. The van der Waals surface area contributed by atoms with E-state index in [4.69, 9.17) is 22.8 Å². The number of benzene rings is 1. The average molecular weight is 636 g/mol. The summed E-state index contributed by atoms with van der Waals surface area (Å²) in [4.78, 5) is 20.6. The second kappa shape index (κ2) is 12.0. The lowest BCUT2D eigenvalue weighted by Gasteiger charge is -2.49. The fourth-order valence-electron chi connectivity index (χ4n) is 5.84. The number of amides is 1. The molecule has 1 aliphatic carbocycles. The van der Waals surface area contributed by atoms with E-state index in [2.05, 4.69) is 26.5 Å². The molecule has 0 atom stereocenters. The highest BCUT2D eigenvalue weighted by Gasteiger charge is 2.45. The van der Waals surface area contributed by atoms with E-state index in [1.807, 2.05) is 26.8 Å². The van der Waals surface area contributed by atoms with Crippen molar-refractivity contribution in [2.45, 2.75) is 62.9 Å². The first-order chi connectivity index (χ1) is 20.8. The number of carbonyl (C=O) groups is 1. The smallest absolute Gasteiger partial charge is 0.405 e. The number of hydrogen-bond acceptors (Lipinski definition) is 7. The Hall–Kier alpha value is -4.27. The van der Waals surface area contributed by atoms with Crippen molar-refractivity contribution in [3.63, 3.8) is 0 Å². The van der Waals surface area contributed by atoms with Gasteiger partial charge in [-0.15, -0.1) is 6.42 Å². The molecule has 0 spiro atoms. The molecule has 0 unspecified atom stereocenters. The molecule has 1 saturated carbocycles. The molecule has 1 aliphatic rings. The topological polar surface area (TPSA) is 135 Å². The second-order valence-corrected chi connectivity index (χ2v) is 14.1. The highest BCUT2D eigenvalue weighted by molar-refractivity contribution is 7.90. The Balaban J connectivity index is 1.51. The summed E-state index contributed by atoms with van der Waals surface area (Å²) in [5.41, 5.74) is 0.607. The molecule has 230 valence electrons. The van der Waals surface area contributed by atoms with Gasteiger partial charge in [-0.3, -0.25) is 0 Å². The van der Waals surface area contributed by atoms with Crippen molar-refractivity contribution in [3.8, 4) is 29.2 Å². The van der Waals surface area contributed by atoms with Gasteiger partial charge in [-0.05, 0) is 67.0 Å². The zero-order valence-electron chi connectivity index (χ0n) is 24.7. The lowest BCUT2D eigenvalue weighted by Crippen LogP contribution is -2.59. The van der Waals surface area contributed by atoms with Crippen molar-refractivity contribution in [2.75, 3.05) is 11.9 Å². The number of hydrogen-bond donors (Lipinski definition) is 3. The summed E-state index contributed by atoms with van der Waals surface area (Å²) >= 11 is 6.51. The highest BCUT2D eigenvalue weighted by atomic mass is 35.5. The normalized spacial score (nSPS) is 18.8. The molecular weight excluding hydrogens is 602 g/mol. The minimum absolute atomic E-state index is 0.0283. The van der Waals surface area contributed by atoms with Crippen LogP contribution in [0, 0.1) is 17.8 Å². The molecule has 3 heterocycles. The molecule has 0 aliphatic heterocycles. The van der Waals surface area contributed by atoms with Gasteiger partial charge in [-0.2, -0.15) is 0 Å². The number of carboxylic acid groups (broad SMARTS) is 1. The molecule has 10 nitrogen and oxygen atoms in total. The van der Waals surface area contributed by atoms with Gasteiger partial charge in [0.05, 0.1) is 11.1 Å². The van der Waals surface area contributed by atoms with E-state index in [0.29, 0.717) is 40.9 Å². The molecule has 1 fully saturated rings. The molecule has 4 aromatic rings. The van der Waals surface area contributed by atoms with E-state index in [-0.39, 0.29) is 33.8 Å². The molecule has 5 rings (SSSR count). The Morgan fingerprint density at radius 1 is 1.20 bits per heavy atom. The van der Waals surface area contributed by atoms with Gasteiger partial charge in [-0.1, -0.05) is 56.5 Å². The van der Waals surface area contributed by atoms with E-state index in [1.165, 1.54) is 24.5 Å². The standard InChI is InChI=1S/C32H34ClN5O5S/c1-5-15-43-23-18-25-26(20-38(29(25)34-19-23)44(41,42)24-9-7-6-8-10-24)21-16-27(33)36-28(17-21)35-22-11-13-32(14-12-22,31(2,3)4)37-30(39)40/h1,6-10,16-20,22,37H,11-15H2,2-4H3,(H,35,36)(H,39,40).